The minimum atomic E-state index is -0.0547. The maximum atomic E-state index is 12.5. The van der Waals surface area contributed by atoms with Crippen LogP contribution in [0.4, 0.5) is 16.2 Å². The van der Waals surface area contributed by atoms with Crippen LogP contribution in [0, 0.1) is 0 Å². The average Bonchev–Trinajstić information content (AvgIpc) is 3.11. The Morgan fingerprint density at radius 1 is 1.08 bits per heavy atom. The Kier molecular flexibility index (Phi) is 4.11. The summed E-state index contributed by atoms with van der Waals surface area (Å²) >= 11 is 0. The molecule has 2 N–H and O–H groups in total. The molecule has 0 saturated carbocycles. The van der Waals surface area contributed by atoms with Crippen LogP contribution in [0.2, 0.25) is 0 Å². The molecule has 2 aliphatic heterocycles. The number of carbonyl (C=O) groups is 1. The van der Waals surface area contributed by atoms with E-state index in [9.17, 15) is 4.79 Å². The molecule has 2 aromatic rings. The molecule has 126 valence electrons. The van der Waals surface area contributed by atoms with Crippen molar-refractivity contribution in [3.05, 3.63) is 42.0 Å². The third-order valence-electron chi connectivity index (χ3n) is 4.90. The van der Waals surface area contributed by atoms with Gasteiger partial charge in [0.2, 0.25) is 0 Å². The van der Waals surface area contributed by atoms with Crippen molar-refractivity contribution in [1.29, 1.82) is 0 Å². The van der Waals surface area contributed by atoms with Crippen molar-refractivity contribution in [1.82, 2.24) is 14.9 Å². The predicted octanol–water partition coefficient (Wildman–Crippen LogP) is 2.99. The van der Waals surface area contributed by atoms with Crippen LogP contribution in [-0.4, -0.2) is 40.5 Å². The van der Waals surface area contributed by atoms with Crippen LogP contribution in [0.5, 0.6) is 0 Å². The molecule has 1 aromatic carbocycles. The number of benzene rings is 1. The van der Waals surface area contributed by atoms with E-state index in [4.69, 9.17) is 0 Å². The number of urea groups is 1. The quantitative estimate of drug-likeness (QED) is 0.892. The Balaban J connectivity index is 1.37. The van der Waals surface area contributed by atoms with Crippen LogP contribution in [0.15, 0.2) is 30.6 Å². The number of hydrogen-bond donors (Lipinski definition) is 2. The van der Waals surface area contributed by atoms with Crippen molar-refractivity contribution in [3.63, 3.8) is 0 Å². The fourth-order valence-electron chi connectivity index (χ4n) is 3.50. The number of H-pyrrole nitrogens is 1. The summed E-state index contributed by atoms with van der Waals surface area (Å²) in [6.07, 6.45) is 6.37. The first-order valence-corrected chi connectivity index (χ1v) is 8.72. The highest BCUT2D eigenvalue weighted by Crippen LogP contribution is 2.22. The smallest absolute Gasteiger partial charge is 0.322 e. The van der Waals surface area contributed by atoms with Gasteiger partial charge < -0.3 is 20.1 Å². The second-order valence-electron chi connectivity index (χ2n) is 6.52. The van der Waals surface area contributed by atoms with Crippen molar-refractivity contribution >= 4 is 17.4 Å². The molecule has 3 heterocycles. The zero-order valence-electron chi connectivity index (χ0n) is 13.8. The zero-order valence-corrected chi connectivity index (χ0v) is 13.8. The second kappa shape index (κ2) is 6.55. The van der Waals surface area contributed by atoms with E-state index in [-0.39, 0.29) is 6.03 Å². The summed E-state index contributed by atoms with van der Waals surface area (Å²) in [4.78, 5) is 24.1. The minimum absolute atomic E-state index is 0.0547. The van der Waals surface area contributed by atoms with E-state index in [2.05, 4.69) is 32.3 Å². The molecule has 24 heavy (non-hydrogen) atoms. The minimum Gasteiger partial charge on any atom is -0.372 e. The predicted molar refractivity (Wildman–Crippen MR) is 94.2 cm³/mol. The number of amides is 2. The number of aromatic nitrogens is 2. The summed E-state index contributed by atoms with van der Waals surface area (Å²) in [5.74, 6) is 0. The van der Waals surface area contributed by atoms with Gasteiger partial charge >= 0.3 is 6.03 Å². The normalized spacial score (nSPS) is 17.5. The highest BCUT2D eigenvalue weighted by atomic mass is 16.2. The summed E-state index contributed by atoms with van der Waals surface area (Å²) in [5.41, 5.74) is 4.20. The lowest BCUT2D eigenvalue weighted by Crippen LogP contribution is -2.39. The number of nitrogens with zero attached hydrogens (tertiary/aromatic N) is 3. The van der Waals surface area contributed by atoms with E-state index in [0.717, 1.165) is 36.6 Å². The summed E-state index contributed by atoms with van der Waals surface area (Å²) in [6.45, 7) is 3.56. The topological polar surface area (TPSA) is 64.3 Å². The Hall–Kier alpha value is -2.50. The Bertz CT molecular complexity index is 702. The van der Waals surface area contributed by atoms with Gasteiger partial charge in [-0.2, -0.15) is 0 Å². The van der Waals surface area contributed by atoms with E-state index >= 15 is 0 Å². The van der Waals surface area contributed by atoms with Crippen molar-refractivity contribution in [2.45, 2.75) is 32.2 Å². The van der Waals surface area contributed by atoms with Crippen molar-refractivity contribution in [2.24, 2.45) is 0 Å². The molecule has 2 aliphatic rings. The van der Waals surface area contributed by atoms with Gasteiger partial charge in [0.25, 0.3) is 0 Å². The number of aromatic amines is 1. The SMILES string of the molecule is O=C(Nc1ccc(N2CCCCC2)cc1)N1CCc2nc[nH]c2C1. The first-order valence-electron chi connectivity index (χ1n) is 8.72. The largest absolute Gasteiger partial charge is 0.372 e. The number of rotatable bonds is 2. The summed E-state index contributed by atoms with van der Waals surface area (Å²) < 4.78 is 0. The van der Waals surface area contributed by atoms with Gasteiger partial charge in [0.1, 0.15) is 0 Å². The average molecular weight is 325 g/mol. The van der Waals surface area contributed by atoms with Crippen LogP contribution >= 0.6 is 0 Å². The van der Waals surface area contributed by atoms with Crippen LogP contribution in [0.1, 0.15) is 30.7 Å². The molecule has 0 spiro atoms. The molecular weight excluding hydrogens is 302 g/mol. The molecule has 0 unspecified atom stereocenters. The molecular formula is C18H23N5O. The van der Waals surface area contributed by atoms with Gasteiger partial charge in [-0.1, -0.05) is 0 Å². The zero-order chi connectivity index (χ0) is 16.4. The summed E-state index contributed by atoms with van der Waals surface area (Å²) in [7, 11) is 0. The Morgan fingerprint density at radius 2 is 1.88 bits per heavy atom. The van der Waals surface area contributed by atoms with Gasteiger partial charge in [-0.3, -0.25) is 0 Å². The molecule has 0 bridgehead atoms. The maximum absolute atomic E-state index is 12.5. The first-order chi connectivity index (χ1) is 11.8. The molecule has 6 heteroatoms. The number of carbonyl (C=O) groups excluding carboxylic acids is 1. The number of fused-ring (bicyclic) bond motifs is 1. The van der Waals surface area contributed by atoms with E-state index in [1.54, 1.807) is 6.33 Å². The lowest BCUT2D eigenvalue weighted by Gasteiger charge is -2.29. The van der Waals surface area contributed by atoms with Crippen molar-refractivity contribution < 1.29 is 4.79 Å². The molecule has 0 aliphatic carbocycles. The van der Waals surface area contributed by atoms with Gasteiger partial charge in [0.15, 0.2) is 0 Å². The molecule has 1 saturated heterocycles. The van der Waals surface area contributed by atoms with Crippen LogP contribution in [0.3, 0.4) is 0 Å². The number of hydrogen-bond acceptors (Lipinski definition) is 3. The maximum Gasteiger partial charge on any atom is 0.322 e. The van der Waals surface area contributed by atoms with E-state index in [1.807, 2.05) is 17.0 Å². The standard InChI is InChI=1S/C18H23N5O/c24-18(23-11-8-16-17(12-23)20-13-19-16)21-14-4-6-15(7-5-14)22-9-2-1-3-10-22/h4-7,13H,1-3,8-12H2,(H,19,20)(H,21,24). The number of nitrogens with one attached hydrogen (secondary N) is 2. The van der Waals surface area contributed by atoms with E-state index < -0.39 is 0 Å². The third kappa shape index (κ3) is 3.09. The highest BCUT2D eigenvalue weighted by molar-refractivity contribution is 5.89. The first kappa shape index (κ1) is 15.1. The highest BCUT2D eigenvalue weighted by Gasteiger charge is 2.22. The van der Waals surface area contributed by atoms with Crippen LogP contribution < -0.4 is 10.2 Å². The van der Waals surface area contributed by atoms with Crippen molar-refractivity contribution in [3.8, 4) is 0 Å². The van der Waals surface area contributed by atoms with Crippen molar-refractivity contribution in [2.75, 3.05) is 29.9 Å². The van der Waals surface area contributed by atoms with Gasteiger partial charge in [-0.25, -0.2) is 9.78 Å². The molecule has 2 amide bonds. The van der Waals surface area contributed by atoms with Gasteiger partial charge in [-0.05, 0) is 43.5 Å². The Morgan fingerprint density at radius 3 is 2.67 bits per heavy atom. The number of imidazole rings is 1. The molecule has 1 aromatic heterocycles. The van der Waals surface area contributed by atoms with Crippen LogP contribution in [0.25, 0.3) is 0 Å². The summed E-state index contributed by atoms with van der Waals surface area (Å²) in [5, 5.41) is 3.00. The van der Waals surface area contributed by atoms with Gasteiger partial charge in [-0.15, -0.1) is 0 Å². The van der Waals surface area contributed by atoms with Crippen LogP contribution in [-0.2, 0) is 13.0 Å². The van der Waals surface area contributed by atoms with Gasteiger partial charge in [0, 0.05) is 37.4 Å². The Labute approximate surface area is 141 Å². The van der Waals surface area contributed by atoms with E-state index in [1.165, 1.54) is 24.9 Å². The van der Waals surface area contributed by atoms with E-state index in [0.29, 0.717) is 13.1 Å². The molecule has 0 atom stereocenters. The van der Waals surface area contributed by atoms with Gasteiger partial charge in [0.05, 0.1) is 24.3 Å². The number of piperidine rings is 1. The fourth-order valence-corrected chi connectivity index (χ4v) is 3.50. The second-order valence-corrected chi connectivity index (χ2v) is 6.52. The third-order valence-corrected chi connectivity index (χ3v) is 4.90. The molecule has 6 nitrogen and oxygen atoms in total. The molecule has 4 rings (SSSR count). The monoisotopic (exact) mass is 325 g/mol. The summed E-state index contributed by atoms with van der Waals surface area (Å²) in [6, 6.07) is 8.13. The lowest BCUT2D eigenvalue weighted by molar-refractivity contribution is 0.205. The fraction of sp³-hybridized carbons (Fsp3) is 0.444. The number of anilines is 2. The molecule has 1 fully saturated rings. The lowest BCUT2D eigenvalue weighted by atomic mass is 10.1. The molecule has 0 radical (unpaired) electrons.